The first-order chi connectivity index (χ1) is 22.1. The van der Waals surface area contributed by atoms with Crippen LogP contribution in [-0.4, -0.2) is 60.0 Å². The van der Waals surface area contributed by atoms with Crippen LogP contribution in [0.4, 0.5) is 37.7 Å². The van der Waals surface area contributed by atoms with Gasteiger partial charge in [0.1, 0.15) is 23.0 Å². The van der Waals surface area contributed by atoms with E-state index in [0.717, 1.165) is 43.5 Å². The van der Waals surface area contributed by atoms with Gasteiger partial charge in [0.2, 0.25) is 5.56 Å². The van der Waals surface area contributed by atoms with Crippen LogP contribution in [-0.2, 0) is 6.18 Å². The largest absolute Gasteiger partial charge is 0.417 e. The number of nitrogens with one attached hydrogen (secondary N) is 3. The maximum absolute atomic E-state index is 15.8. The summed E-state index contributed by atoms with van der Waals surface area (Å²) in [6.45, 7) is 4.59. The van der Waals surface area contributed by atoms with Gasteiger partial charge >= 0.3 is 6.18 Å². The van der Waals surface area contributed by atoms with Crippen molar-refractivity contribution in [2.75, 3.05) is 30.4 Å². The normalized spacial score (nSPS) is 19.5. The number of piperazine rings is 1. The van der Waals surface area contributed by atoms with Crippen molar-refractivity contribution in [3.63, 3.8) is 0 Å². The Morgan fingerprint density at radius 3 is 2.09 bits per heavy atom. The summed E-state index contributed by atoms with van der Waals surface area (Å²) in [6, 6.07) is 3.71. The lowest BCUT2D eigenvalue weighted by atomic mass is 9.95. The summed E-state index contributed by atoms with van der Waals surface area (Å²) in [7, 11) is 1.91. The molecule has 47 heavy (non-hydrogen) atoms. The van der Waals surface area contributed by atoms with Crippen LogP contribution in [0.2, 0.25) is 0 Å². The number of alkyl halides is 3. The molecule has 0 radical (unpaired) electrons. The molecule has 2 fully saturated rings. The van der Waals surface area contributed by atoms with Crippen LogP contribution >= 0.6 is 0 Å². The van der Waals surface area contributed by atoms with Gasteiger partial charge in [0.25, 0.3) is 11.8 Å². The van der Waals surface area contributed by atoms with E-state index >= 15 is 13.2 Å². The van der Waals surface area contributed by atoms with Crippen molar-refractivity contribution >= 4 is 23.2 Å². The van der Waals surface area contributed by atoms with Crippen molar-refractivity contribution in [3.8, 4) is 11.1 Å². The molecule has 2 atom stereocenters. The van der Waals surface area contributed by atoms with Crippen molar-refractivity contribution < 1.29 is 35.9 Å². The molecule has 0 spiro atoms. The SMILES string of the molecule is C[C@@H]1CN(c2cc(F)c(-c3cc(F)c(C(=O)NC4CCCCC4)c(F)c3)cc2NC(=O)c2c[nH]c(=O)cc2C(F)(F)F)C[C@H](C)N1C. The number of halogens is 6. The smallest absolute Gasteiger partial charge is 0.367 e. The maximum atomic E-state index is 15.8. The quantitative estimate of drug-likeness (QED) is 0.268. The Balaban J connectivity index is 1.56. The number of H-pyrrole nitrogens is 1. The minimum absolute atomic E-state index is 0.0310. The van der Waals surface area contributed by atoms with E-state index in [1.165, 1.54) is 0 Å². The molecule has 3 N–H and O–H groups in total. The summed E-state index contributed by atoms with van der Waals surface area (Å²) in [5.74, 6) is -5.56. The molecule has 14 heteroatoms. The van der Waals surface area contributed by atoms with E-state index in [0.29, 0.717) is 32.1 Å². The third-order valence-electron chi connectivity index (χ3n) is 9.03. The van der Waals surface area contributed by atoms with Crippen LogP contribution in [0.5, 0.6) is 0 Å². The molecule has 1 saturated carbocycles. The van der Waals surface area contributed by atoms with Gasteiger partial charge in [-0.2, -0.15) is 13.2 Å². The number of aromatic amines is 1. The van der Waals surface area contributed by atoms with Gasteiger partial charge in [0.15, 0.2) is 0 Å². The van der Waals surface area contributed by atoms with E-state index in [2.05, 4.69) is 20.5 Å². The predicted octanol–water partition coefficient (Wildman–Crippen LogP) is 6.32. The van der Waals surface area contributed by atoms with Gasteiger partial charge in [-0.1, -0.05) is 19.3 Å². The number of pyridine rings is 1. The van der Waals surface area contributed by atoms with E-state index in [1.807, 2.05) is 20.9 Å². The molecule has 2 aromatic carbocycles. The lowest BCUT2D eigenvalue weighted by molar-refractivity contribution is -0.138. The summed E-state index contributed by atoms with van der Waals surface area (Å²) in [5, 5.41) is 5.06. The Labute approximate surface area is 267 Å². The Morgan fingerprint density at radius 1 is 0.872 bits per heavy atom. The van der Waals surface area contributed by atoms with Crippen LogP contribution in [0.25, 0.3) is 11.1 Å². The molecule has 5 rings (SSSR count). The minimum Gasteiger partial charge on any atom is -0.367 e. The molecule has 252 valence electrons. The van der Waals surface area contributed by atoms with Crippen molar-refractivity contribution in [2.24, 2.45) is 0 Å². The average molecular weight is 664 g/mol. The van der Waals surface area contributed by atoms with E-state index < -0.39 is 57.7 Å². The number of amides is 2. The minimum atomic E-state index is -5.04. The second-order valence-electron chi connectivity index (χ2n) is 12.3. The summed E-state index contributed by atoms with van der Waals surface area (Å²) >= 11 is 0. The van der Waals surface area contributed by atoms with Gasteiger partial charge < -0.3 is 20.5 Å². The number of hydrogen-bond donors (Lipinski definition) is 3. The number of hydrogen-bond acceptors (Lipinski definition) is 5. The molecule has 1 aliphatic heterocycles. The van der Waals surface area contributed by atoms with Gasteiger partial charge in [-0.3, -0.25) is 19.3 Å². The van der Waals surface area contributed by atoms with Gasteiger partial charge in [-0.25, -0.2) is 13.2 Å². The number of benzene rings is 2. The fourth-order valence-electron chi connectivity index (χ4n) is 6.28. The number of aromatic nitrogens is 1. The molecule has 0 bridgehead atoms. The highest BCUT2D eigenvalue weighted by molar-refractivity contribution is 6.07. The first kappa shape index (κ1) is 34.0. The van der Waals surface area contributed by atoms with Crippen LogP contribution in [0, 0.1) is 17.5 Å². The Hall–Kier alpha value is -4.33. The number of nitrogens with zero attached hydrogens (tertiary/aromatic N) is 2. The fourth-order valence-corrected chi connectivity index (χ4v) is 6.28. The summed E-state index contributed by atoms with van der Waals surface area (Å²) in [4.78, 5) is 43.7. The van der Waals surface area contributed by atoms with Gasteiger partial charge in [-0.05, 0) is 63.6 Å². The highest BCUT2D eigenvalue weighted by Gasteiger charge is 2.36. The predicted molar refractivity (Wildman–Crippen MR) is 165 cm³/mol. The molecule has 2 amide bonds. The van der Waals surface area contributed by atoms with Crippen molar-refractivity contribution in [3.05, 3.63) is 81.0 Å². The van der Waals surface area contributed by atoms with Gasteiger partial charge in [-0.15, -0.1) is 0 Å². The van der Waals surface area contributed by atoms with Crippen molar-refractivity contribution in [1.29, 1.82) is 0 Å². The van der Waals surface area contributed by atoms with Crippen LogP contribution < -0.4 is 21.1 Å². The molecule has 0 unspecified atom stereocenters. The second kappa shape index (κ2) is 13.4. The number of rotatable bonds is 6. The van der Waals surface area contributed by atoms with Crippen molar-refractivity contribution in [2.45, 2.75) is 70.3 Å². The second-order valence-corrected chi connectivity index (χ2v) is 12.3. The Morgan fingerprint density at radius 2 is 1.49 bits per heavy atom. The summed E-state index contributed by atoms with van der Waals surface area (Å²) in [6.07, 6.45) is -0.255. The highest BCUT2D eigenvalue weighted by atomic mass is 19.4. The summed E-state index contributed by atoms with van der Waals surface area (Å²) in [5.41, 5.74) is -4.91. The van der Waals surface area contributed by atoms with Crippen LogP contribution in [0.3, 0.4) is 0 Å². The number of carbonyl (C=O) groups excluding carboxylic acids is 2. The number of anilines is 2. The fraction of sp³-hybridized carbons (Fsp3) is 0.424. The first-order valence-electron chi connectivity index (χ1n) is 15.4. The van der Waals surface area contributed by atoms with E-state index in [-0.39, 0.29) is 46.7 Å². The maximum Gasteiger partial charge on any atom is 0.417 e. The highest BCUT2D eigenvalue weighted by Crippen LogP contribution is 2.38. The molecule has 1 aliphatic carbocycles. The van der Waals surface area contributed by atoms with Crippen molar-refractivity contribution in [1.82, 2.24) is 15.2 Å². The Kier molecular flexibility index (Phi) is 9.71. The zero-order valence-electron chi connectivity index (χ0n) is 26.0. The Bertz CT molecular complexity index is 1700. The molecule has 2 heterocycles. The lowest BCUT2D eigenvalue weighted by Gasteiger charge is -2.44. The standard InChI is InChI=1S/C33H35F6N5O3/c1-17-15-44(16-18(2)43(17)3)28-13-24(34)21(11-27(28)42-31(46)22-14-40-29(45)12-23(22)33(37,38)39)19-9-25(35)30(26(36)10-19)32(47)41-20-7-5-4-6-8-20/h9-14,17-18,20H,4-8,15-16H2,1-3H3,(H,40,45)(H,41,47)(H,42,46)/t17-,18+. The summed E-state index contributed by atoms with van der Waals surface area (Å²) < 4.78 is 87.7. The monoisotopic (exact) mass is 663 g/mol. The van der Waals surface area contributed by atoms with E-state index in [9.17, 15) is 27.6 Å². The third-order valence-corrected chi connectivity index (χ3v) is 9.03. The molecular weight excluding hydrogens is 628 g/mol. The average Bonchev–Trinajstić information content (AvgIpc) is 2.99. The zero-order valence-corrected chi connectivity index (χ0v) is 26.0. The third kappa shape index (κ3) is 7.32. The van der Waals surface area contributed by atoms with Crippen LogP contribution in [0.15, 0.2) is 41.3 Å². The lowest BCUT2D eigenvalue weighted by Crippen LogP contribution is -2.55. The first-order valence-corrected chi connectivity index (χ1v) is 15.4. The van der Waals surface area contributed by atoms with Crippen LogP contribution in [0.1, 0.15) is 72.2 Å². The molecule has 1 aromatic heterocycles. The number of carbonyl (C=O) groups is 2. The number of likely N-dealkylation sites (N-methyl/N-ethyl adjacent to an activating group) is 1. The van der Waals surface area contributed by atoms with E-state index in [4.69, 9.17) is 0 Å². The molecule has 2 aliphatic rings. The zero-order chi connectivity index (χ0) is 34.2. The van der Waals surface area contributed by atoms with Gasteiger partial charge in [0, 0.05) is 49.0 Å². The molecular formula is C33H35F6N5O3. The molecule has 1 saturated heterocycles. The van der Waals surface area contributed by atoms with Gasteiger partial charge in [0.05, 0.1) is 22.5 Å². The topological polar surface area (TPSA) is 97.5 Å². The molecule has 3 aromatic rings. The van der Waals surface area contributed by atoms with E-state index in [1.54, 1.807) is 4.90 Å². The molecule has 8 nitrogen and oxygen atoms in total.